The maximum Gasteiger partial charge on any atom is 0.237 e. The lowest BCUT2D eigenvalue weighted by Gasteiger charge is -2.29. The highest BCUT2D eigenvalue weighted by Crippen LogP contribution is 2.37. The summed E-state index contributed by atoms with van der Waals surface area (Å²) in [6.07, 6.45) is 6.67. The number of methoxy groups -OCH3 is 1. The lowest BCUT2D eigenvalue weighted by atomic mass is 9.96. The number of nitrogens with two attached hydrogens (primary N) is 1. The van der Waals surface area contributed by atoms with Gasteiger partial charge in [-0.3, -0.25) is 9.69 Å². The van der Waals surface area contributed by atoms with Crippen molar-refractivity contribution in [3.63, 3.8) is 0 Å². The average molecular weight is 267 g/mol. The molecule has 3 N–H and O–H groups in total. The van der Waals surface area contributed by atoms with Gasteiger partial charge in [-0.05, 0) is 38.5 Å². The van der Waals surface area contributed by atoms with Gasteiger partial charge in [0.05, 0.1) is 11.6 Å². The molecule has 3 atom stereocenters. The number of hydrogen-bond donors (Lipinski definition) is 2. The number of carbonyl (C=O) groups excluding carboxylic acids is 1. The zero-order chi connectivity index (χ0) is 13.5. The molecule has 1 aliphatic heterocycles. The molecule has 2 saturated carbocycles. The lowest BCUT2D eigenvalue weighted by Crippen LogP contribution is -2.55. The van der Waals surface area contributed by atoms with E-state index in [1.807, 2.05) is 0 Å². The predicted molar refractivity (Wildman–Crippen MR) is 72.7 cm³/mol. The van der Waals surface area contributed by atoms with E-state index in [0.29, 0.717) is 18.2 Å². The van der Waals surface area contributed by atoms with Gasteiger partial charge in [0.1, 0.15) is 0 Å². The normalized spacial score (nSPS) is 39.8. The van der Waals surface area contributed by atoms with Gasteiger partial charge in [-0.15, -0.1) is 0 Å². The third-order valence-electron chi connectivity index (χ3n) is 5.04. The quantitative estimate of drug-likeness (QED) is 0.748. The second-order valence-corrected chi connectivity index (χ2v) is 6.40. The lowest BCUT2D eigenvalue weighted by molar-refractivity contribution is -0.124. The van der Waals surface area contributed by atoms with Crippen molar-refractivity contribution in [1.29, 1.82) is 0 Å². The molecule has 0 aromatic heterocycles. The van der Waals surface area contributed by atoms with Crippen molar-refractivity contribution < 1.29 is 9.53 Å². The molecule has 19 heavy (non-hydrogen) atoms. The highest BCUT2D eigenvalue weighted by Gasteiger charge is 2.48. The number of likely N-dealkylation sites (tertiary alicyclic amines) is 1. The zero-order valence-corrected chi connectivity index (χ0v) is 11.7. The molecule has 0 aromatic rings. The fourth-order valence-corrected chi connectivity index (χ4v) is 3.65. The van der Waals surface area contributed by atoms with Gasteiger partial charge in [-0.1, -0.05) is 0 Å². The van der Waals surface area contributed by atoms with Crippen LogP contribution in [0.1, 0.15) is 38.5 Å². The first-order valence-corrected chi connectivity index (χ1v) is 7.47. The van der Waals surface area contributed by atoms with Crippen molar-refractivity contribution in [2.75, 3.05) is 20.2 Å². The van der Waals surface area contributed by atoms with E-state index in [4.69, 9.17) is 10.5 Å². The molecule has 3 unspecified atom stereocenters. The second-order valence-electron chi connectivity index (χ2n) is 6.40. The van der Waals surface area contributed by atoms with Crippen LogP contribution in [0, 0.1) is 0 Å². The van der Waals surface area contributed by atoms with Crippen LogP contribution in [0.15, 0.2) is 0 Å². The van der Waals surface area contributed by atoms with Gasteiger partial charge in [0, 0.05) is 32.3 Å². The Morgan fingerprint density at radius 3 is 2.74 bits per heavy atom. The molecular weight excluding hydrogens is 242 g/mol. The Labute approximate surface area is 114 Å². The number of hydrogen-bond acceptors (Lipinski definition) is 4. The highest BCUT2D eigenvalue weighted by molar-refractivity contribution is 5.85. The third kappa shape index (κ3) is 2.64. The fourth-order valence-electron chi connectivity index (χ4n) is 3.65. The van der Waals surface area contributed by atoms with E-state index in [1.165, 1.54) is 12.8 Å². The minimum Gasteiger partial charge on any atom is -0.380 e. The van der Waals surface area contributed by atoms with Crippen molar-refractivity contribution in [2.24, 2.45) is 5.73 Å². The standard InChI is InChI=1S/C14H25N3O2/c1-19-12-5-7-17(9-12)11-4-6-14(8-11,13(15)18)16-10-2-3-10/h10-12,16H,2-9H2,1H3,(H2,15,18). The van der Waals surface area contributed by atoms with Crippen LogP contribution in [0.2, 0.25) is 0 Å². The largest absolute Gasteiger partial charge is 0.380 e. The predicted octanol–water partition coefficient (Wildman–Crippen LogP) is 0.236. The van der Waals surface area contributed by atoms with E-state index < -0.39 is 5.54 Å². The summed E-state index contributed by atoms with van der Waals surface area (Å²) in [6.45, 7) is 2.08. The Balaban J connectivity index is 1.62. The van der Waals surface area contributed by atoms with Crippen LogP contribution in [0.3, 0.4) is 0 Å². The molecule has 1 heterocycles. The third-order valence-corrected chi connectivity index (χ3v) is 5.04. The van der Waals surface area contributed by atoms with Crippen molar-refractivity contribution in [3.8, 4) is 0 Å². The number of amides is 1. The Bertz CT molecular complexity index is 359. The summed E-state index contributed by atoms with van der Waals surface area (Å²) in [4.78, 5) is 14.4. The maximum atomic E-state index is 11.9. The van der Waals surface area contributed by atoms with Crippen LogP contribution in [-0.4, -0.2) is 54.7 Å². The maximum absolute atomic E-state index is 11.9. The minimum absolute atomic E-state index is 0.163. The van der Waals surface area contributed by atoms with Crippen LogP contribution in [0.25, 0.3) is 0 Å². The summed E-state index contributed by atoms with van der Waals surface area (Å²) in [5, 5.41) is 3.51. The van der Waals surface area contributed by atoms with Gasteiger partial charge in [0.2, 0.25) is 5.91 Å². The van der Waals surface area contributed by atoms with Gasteiger partial charge >= 0.3 is 0 Å². The van der Waals surface area contributed by atoms with E-state index in [0.717, 1.165) is 38.8 Å². The summed E-state index contributed by atoms with van der Waals surface area (Å²) < 4.78 is 5.43. The van der Waals surface area contributed by atoms with Crippen LogP contribution in [0.5, 0.6) is 0 Å². The Hall–Kier alpha value is -0.650. The molecule has 5 heteroatoms. The van der Waals surface area contributed by atoms with Crippen LogP contribution in [-0.2, 0) is 9.53 Å². The smallest absolute Gasteiger partial charge is 0.237 e. The van der Waals surface area contributed by atoms with E-state index in [9.17, 15) is 4.79 Å². The summed E-state index contributed by atoms with van der Waals surface area (Å²) in [5.74, 6) is -0.163. The van der Waals surface area contributed by atoms with Gasteiger partial charge in [0.15, 0.2) is 0 Å². The summed E-state index contributed by atoms with van der Waals surface area (Å²) in [7, 11) is 1.78. The van der Waals surface area contributed by atoms with Crippen molar-refractivity contribution >= 4 is 5.91 Å². The number of carbonyl (C=O) groups is 1. The van der Waals surface area contributed by atoms with Crippen molar-refractivity contribution in [3.05, 3.63) is 0 Å². The highest BCUT2D eigenvalue weighted by atomic mass is 16.5. The van der Waals surface area contributed by atoms with Crippen LogP contribution >= 0.6 is 0 Å². The number of primary amides is 1. The SMILES string of the molecule is COC1CCN(C2CCC(NC3CC3)(C(N)=O)C2)C1. The fraction of sp³-hybridized carbons (Fsp3) is 0.929. The van der Waals surface area contributed by atoms with Crippen molar-refractivity contribution in [1.82, 2.24) is 10.2 Å². The van der Waals surface area contributed by atoms with E-state index in [1.54, 1.807) is 7.11 Å². The zero-order valence-electron chi connectivity index (χ0n) is 11.7. The van der Waals surface area contributed by atoms with E-state index in [-0.39, 0.29) is 5.91 Å². The van der Waals surface area contributed by atoms with Crippen LogP contribution < -0.4 is 11.1 Å². The van der Waals surface area contributed by atoms with E-state index >= 15 is 0 Å². The molecule has 3 fully saturated rings. The number of nitrogens with zero attached hydrogens (tertiary/aromatic N) is 1. The van der Waals surface area contributed by atoms with Gasteiger partial charge < -0.3 is 15.8 Å². The molecule has 2 aliphatic carbocycles. The Kier molecular flexibility index (Phi) is 3.53. The summed E-state index contributed by atoms with van der Waals surface area (Å²) >= 11 is 0. The first-order valence-electron chi connectivity index (χ1n) is 7.47. The minimum atomic E-state index is -0.447. The topological polar surface area (TPSA) is 67.6 Å². The summed E-state index contributed by atoms with van der Waals surface area (Å²) in [6, 6.07) is 1.01. The second kappa shape index (κ2) is 5.04. The summed E-state index contributed by atoms with van der Waals surface area (Å²) in [5.41, 5.74) is 5.23. The van der Waals surface area contributed by atoms with Gasteiger partial charge in [0.25, 0.3) is 0 Å². The Morgan fingerprint density at radius 1 is 1.37 bits per heavy atom. The molecule has 0 bridgehead atoms. The Morgan fingerprint density at radius 2 is 2.16 bits per heavy atom. The monoisotopic (exact) mass is 267 g/mol. The molecule has 3 rings (SSSR count). The van der Waals surface area contributed by atoms with Gasteiger partial charge in [-0.2, -0.15) is 0 Å². The first kappa shape index (κ1) is 13.3. The van der Waals surface area contributed by atoms with E-state index in [2.05, 4.69) is 10.2 Å². The molecule has 5 nitrogen and oxygen atoms in total. The molecular formula is C14H25N3O2. The first-order chi connectivity index (χ1) is 9.13. The molecule has 3 aliphatic rings. The number of rotatable bonds is 5. The molecule has 0 radical (unpaired) electrons. The number of nitrogens with one attached hydrogen (secondary N) is 1. The molecule has 1 amide bonds. The van der Waals surface area contributed by atoms with Crippen molar-refractivity contribution in [2.45, 2.75) is 62.3 Å². The molecule has 108 valence electrons. The molecule has 0 aromatic carbocycles. The molecule has 0 spiro atoms. The average Bonchev–Trinajstić information content (AvgIpc) is 2.93. The van der Waals surface area contributed by atoms with Crippen LogP contribution in [0.4, 0.5) is 0 Å². The van der Waals surface area contributed by atoms with Gasteiger partial charge in [-0.25, -0.2) is 0 Å². The number of ether oxygens (including phenoxy) is 1. The molecule has 1 saturated heterocycles.